The van der Waals surface area contributed by atoms with E-state index in [1.807, 2.05) is 18.2 Å². The number of thioether (sulfide) groups is 1. The highest BCUT2D eigenvalue weighted by Crippen LogP contribution is 2.20. The molecule has 0 aromatic rings. The molecular weight excluding hydrogens is 278 g/mol. The SMILES string of the molecule is CSC(=C[N+](=O)[O-])N(C)CCN(C)CC1COCC1C. The third kappa shape index (κ3) is 5.68. The first kappa shape index (κ1) is 17.3. The average Bonchev–Trinajstić information content (AvgIpc) is 2.78. The summed E-state index contributed by atoms with van der Waals surface area (Å²) < 4.78 is 5.47. The van der Waals surface area contributed by atoms with Crippen molar-refractivity contribution < 1.29 is 9.66 Å². The highest BCUT2D eigenvalue weighted by molar-refractivity contribution is 8.02. The lowest BCUT2D eigenvalue weighted by Gasteiger charge is -2.26. The van der Waals surface area contributed by atoms with Crippen molar-refractivity contribution in [3.63, 3.8) is 0 Å². The summed E-state index contributed by atoms with van der Waals surface area (Å²) in [6.07, 6.45) is 2.92. The van der Waals surface area contributed by atoms with Crippen LogP contribution in [-0.2, 0) is 4.74 Å². The van der Waals surface area contributed by atoms with Gasteiger partial charge in [0.05, 0.1) is 11.5 Å². The van der Waals surface area contributed by atoms with Gasteiger partial charge in [-0.1, -0.05) is 6.92 Å². The maximum atomic E-state index is 10.5. The van der Waals surface area contributed by atoms with E-state index >= 15 is 0 Å². The molecule has 1 aliphatic rings. The van der Waals surface area contributed by atoms with Gasteiger partial charge in [-0.3, -0.25) is 10.1 Å². The lowest BCUT2D eigenvalue weighted by atomic mass is 9.98. The molecule has 1 heterocycles. The van der Waals surface area contributed by atoms with Crippen LogP contribution in [-0.4, -0.2) is 67.9 Å². The van der Waals surface area contributed by atoms with E-state index in [2.05, 4.69) is 18.9 Å². The van der Waals surface area contributed by atoms with Gasteiger partial charge in [-0.25, -0.2) is 0 Å². The van der Waals surface area contributed by atoms with Crippen molar-refractivity contribution in [3.8, 4) is 0 Å². The Bertz CT molecular complexity index is 352. The fourth-order valence-corrected chi connectivity index (χ4v) is 2.85. The summed E-state index contributed by atoms with van der Waals surface area (Å²) in [6, 6.07) is 0. The van der Waals surface area contributed by atoms with Crippen LogP contribution in [0.1, 0.15) is 6.92 Å². The molecular formula is C13H25N3O3S. The normalized spacial score (nSPS) is 23.4. The zero-order chi connectivity index (χ0) is 15.1. The maximum Gasteiger partial charge on any atom is 0.264 e. The first-order chi connectivity index (χ1) is 9.43. The molecule has 0 aliphatic carbocycles. The van der Waals surface area contributed by atoms with Gasteiger partial charge in [0.2, 0.25) is 0 Å². The maximum absolute atomic E-state index is 10.5. The summed E-state index contributed by atoms with van der Waals surface area (Å²) in [7, 11) is 3.98. The second-order valence-electron chi connectivity index (χ2n) is 5.42. The summed E-state index contributed by atoms with van der Waals surface area (Å²) in [6.45, 7) is 6.61. The van der Waals surface area contributed by atoms with Crippen LogP contribution in [0.15, 0.2) is 11.2 Å². The van der Waals surface area contributed by atoms with Gasteiger partial charge in [0, 0.05) is 33.3 Å². The van der Waals surface area contributed by atoms with Gasteiger partial charge in [0.15, 0.2) is 0 Å². The molecule has 0 saturated carbocycles. The summed E-state index contributed by atoms with van der Waals surface area (Å²) >= 11 is 1.40. The third-order valence-electron chi connectivity index (χ3n) is 3.68. The van der Waals surface area contributed by atoms with Crippen molar-refractivity contribution in [2.75, 3.05) is 53.2 Å². The van der Waals surface area contributed by atoms with E-state index in [-0.39, 0.29) is 0 Å². The van der Waals surface area contributed by atoms with E-state index in [0.29, 0.717) is 16.9 Å². The van der Waals surface area contributed by atoms with Crippen LogP contribution in [0, 0.1) is 22.0 Å². The van der Waals surface area contributed by atoms with Crippen molar-refractivity contribution in [2.24, 2.45) is 11.8 Å². The smallest absolute Gasteiger partial charge is 0.264 e. The van der Waals surface area contributed by atoms with Crippen LogP contribution in [0.2, 0.25) is 0 Å². The zero-order valence-corrected chi connectivity index (χ0v) is 13.6. The first-order valence-corrected chi connectivity index (χ1v) is 8.03. The quantitative estimate of drug-likeness (QED) is 0.501. The number of hydrogen-bond acceptors (Lipinski definition) is 6. The molecule has 20 heavy (non-hydrogen) atoms. The highest BCUT2D eigenvalue weighted by atomic mass is 32.2. The topological polar surface area (TPSA) is 58.9 Å². The molecule has 0 N–H and O–H groups in total. The summed E-state index contributed by atoms with van der Waals surface area (Å²) in [5.74, 6) is 1.21. The lowest BCUT2D eigenvalue weighted by Crippen LogP contribution is -2.34. The molecule has 0 spiro atoms. The lowest BCUT2D eigenvalue weighted by molar-refractivity contribution is -0.403. The largest absolute Gasteiger partial charge is 0.381 e. The fraction of sp³-hybridized carbons (Fsp3) is 0.846. The van der Waals surface area contributed by atoms with Gasteiger partial charge >= 0.3 is 0 Å². The van der Waals surface area contributed by atoms with Gasteiger partial charge in [-0.2, -0.15) is 0 Å². The Morgan fingerprint density at radius 2 is 2.15 bits per heavy atom. The summed E-state index contributed by atoms with van der Waals surface area (Å²) in [4.78, 5) is 14.3. The molecule has 0 radical (unpaired) electrons. The van der Waals surface area contributed by atoms with Gasteiger partial charge in [0.25, 0.3) is 6.20 Å². The van der Waals surface area contributed by atoms with E-state index in [4.69, 9.17) is 4.74 Å². The molecule has 1 aliphatic heterocycles. The molecule has 0 aromatic heterocycles. The molecule has 0 aromatic carbocycles. The van der Waals surface area contributed by atoms with Crippen LogP contribution in [0.4, 0.5) is 0 Å². The third-order valence-corrected chi connectivity index (χ3v) is 4.52. The van der Waals surface area contributed by atoms with E-state index in [0.717, 1.165) is 39.0 Å². The molecule has 6 nitrogen and oxygen atoms in total. The van der Waals surface area contributed by atoms with Crippen LogP contribution in [0.3, 0.4) is 0 Å². The second-order valence-corrected chi connectivity index (χ2v) is 6.24. The Labute approximate surface area is 125 Å². The van der Waals surface area contributed by atoms with Crippen molar-refractivity contribution >= 4 is 11.8 Å². The molecule has 1 saturated heterocycles. The first-order valence-electron chi connectivity index (χ1n) is 6.80. The zero-order valence-electron chi connectivity index (χ0n) is 12.7. The molecule has 0 bridgehead atoms. The highest BCUT2D eigenvalue weighted by Gasteiger charge is 2.25. The number of rotatable bonds is 8. The van der Waals surface area contributed by atoms with Crippen molar-refractivity contribution in [3.05, 3.63) is 21.3 Å². The minimum atomic E-state index is -0.399. The predicted molar refractivity (Wildman–Crippen MR) is 82.2 cm³/mol. The molecule has 116 valence electrons. The van der Waals surface area contributed by atoms with E-state index in [1.54, 1.807) is 0 Å². The molecule has 2 unspecified atom stereocenters. The predicted octanol–water partition coefficient (Wildman–Crippen LogP) is 1.57. The Morgan fingerprint density at radius 1 is 1.45 bits per heavy atom. The number of nitro groups is 1. The fourth-order valence-electron chi connectivity index (χ4n) is 2.26. The van der Waals surface area contributed by atoms with Crippen molar-refractivity contribution in [1.29, 1.82) is 0 Å². The Balaban J connectivity index is 2.35. The number of ether oxygens (including phenoxy) is 1. The van der Waals surface area contributed by atoms with Crippen LogP contribution in [0.5, 0.6) is 0 Å². The van der Waals surface area contributed by atoms with E-state index < -0.39 is 4.92 Å². The van der Waals surface area contributed by atoms with E-state index in [1.165, 1.54) is 11.8 Å². The number of likely N-dealkylation sites (N-methyl/N-ethyl adjacent to an activating group) is 2. The Kier molecular flexibility index (Phi) is 7.32. The summed E-state index contributed by atoms with van der Waals surface area (Å²) in [5.41, 5.74) is 0. The van der Waals surface area contributed by atoms with Gasteiger partial charge < -0.3 is 14.5 Å². The summed E-state index contributed by atoms with van der Waals surface area (Å²) in [5, 5.41) is 11.2. The van der Waals surface area contributed by atoms with Crippen LogP contribution >= 0.6 is 11.8 Å². The van der Waals surface area contributed by atoms with Crippen molar-refractivity contribution in [1.82, 2.24) is 9.80 Å². The number of nitrogens with zero attached hydrogens (tertiary/aromatic N) is 3. The second kappa shape index (κ2) is 8.49. The molecule has 2 atom stereocenters. The molecule has 7 heteroatoms. The van der Waals surface area contributed by atoms with Crippen LogP contribution < -0.4 is 0 Å². The van der Waals surface area contributed by atoms with E-state index in [9.17, 15) is 10.1 Å². The van der Waals surface area contributed by atoms with Crippen molar-refractivity contribution in [2.45, 2.75) is 6.92 Å². The Morgan fingerprint density at radius 3 is 2.65 bits per heavy atom. The Hall–Kier alpha value is -0.790. The molecule has 1 rings (SSSR count). The minimum absolute atomic E-state index is 0.399. The average molecular weight is 303 g/mol. The monoisotopic (exact) mass is 303 g/mol. The molecule has 0 amide bonds. The van der Waals surface area contributed by atoms with Gasteiger partial charge in [0.1, 0.15) is 5.03 Å². The minimum Gasteiger partial charge on any atom is -0.381 e. The molecule has 1 fully saturated rings. The number of hydrogen-bond donors (Lipinski definition) is 0. The van der Waals surface area contributed by atoms with Gasteiger partial charge in [-0.05, 0) is 25.1 Å². The standard InChI is InChI=1S/C13H25N3O3S/c1-11-9-19-10-12(11)7-14(2)5-6-15(3)13(20-4)8-16(17)18/h8,11-12H,5-7,9-10H2,1-4H3. The van der Waals surface area contributed by atoms with Gasteiger partial charge in [-0.15, -0.1) is 11.8 Å². The van der Waals surface area contributed by atoms with Crippen LogP contribution in [0.25, 0.3) is 0 Å².